The van der Waals surface area contributed by atoms with Gasteiger partial charge in [-0.1, -0.05) is 20.8 Å². The van der Waals surface area contributed by atoms with Crippen LogP contribution in [0.15, 0.2) is 11.3 Å². The number of nitrogens with zero attached hydrogens (tertiary/aromatic N) is 3. The molecule has 0 aliphatic heterocycles. The van der Waals surface area contributed by atoms with Crippen LogP contribution in [0.1, 0.15) is 33.0 Å². The van der Waals surface area contributed by atoms with E-state index in [0.29, 0.717) is 5.84 Å². The summed E-state index contributed by atoms with van der Waals surface area (Å²) in [7, 11) is 0. The smallest absolute Gasteiger partial charge is 0.137 e. The van der Waals surface area contributed by atoms with Crippen molar-refractivity contribution in [2.45, 2.75) is 33.6 Å². The quantitative estimate of drug-likeness (QED) is 0.443. The van der Waals surface area contributed by atoms with Crippen LogP contribution in [0.3, 0.4) is 0 Å². The molecule has 0 unspecified atom stereocenters. The monoisotopic (exact) mass is 209 g/mol. The van der Waals surface area contributed by atoms with Gasteiger partial charge in [0.1, 0.15) is 12.2 Å². The fourth-order valence-corrected chi connectivity index (χ4v) is 1.03. The van der Waals surface area contributed by atoms with Crippen molar-refractivity contribution in [3.8, 4) is 0 Å². The first-order chi connectivity index (χ1) is 7.00. The minimum atomic E-state index is -0.0355. The third kappa shape index (κ3) is 4.10. The molecule has 0 amide bonds. The zero-order valence-electron chi connectivity index (χ0n) is 9.62. The maximum Gasteiger partial charge on any atom is 0.137 e. The lowest BCUT2D eigenvalue weighted by molar-refractivity contribution is 0.580. The van der Waals surface area contributed by atoms with E-state index in [4.69, 9.17) is 5.73 Å². The van der Waals surface area contributed by atoms with Gasteiger partial charge in [0, 0.05) is 18.4 Å². The first-order valence-electron chi connectivity index (χ1n) is 5.15. The molecule has 0 aliphatic rings. The number of aliphatic imine (C=N–C) groups is 1. The van der Waals surface area contributed by atoms with Crippen LogP contribution < -0.4 is 5.73 Å². The molecule has 5 nitrogen and oxygen atoms in total. The van der Waals surface area contributed by atoms with Crippen molar-refractivity contribution in [1.29, 1.82) is 0 Å². The molecule has 1 aromatic rings. The Morgan fingerprint density at radius 2 is 2.27 bits per heavy atom. The number of amidine groups is 1. The standard InChI is InChI=1S/C10H19N5/c1-10(2,3)9(11)12-6-4-5-8-13-7-14-15-8/h7H,4-6H2,1-3H3,(H2,11,12)(H,13,14,15). The Bertz CT molecular complexity index is 307. The lowest BCUT2D eigenvalue weighted by atomic mass is 9.95. The normalized spacial score (nSPS) is 13.1. The highest BCUT2D eigenvalue weighted by molar-refractivity contribution is 5.85. The Morgan fingerprint density at radius 1 is 1.53 bits per heavy atom. The summed E-state index contributed by atoms with van der Waals surface area (Å²) in [5, 5.41) is 6.59. The average Bonchev–Trinajstić information content (AvgIpc) is 2.63. The van der Waals surface area contributed by atoms with Crippen LogP contribution in [0.2, 0.25) is 0 Å². The molecular weight excluding hydrogens is 190 g/mol. The average molecular weight is 209 g/mol. The molecule has 5 heteroatoms. The minimum absolute atomic E-state index is 0.0355. The Morgan fingerprint density at radius 3 is 2.80 bits per heavy atom. The van der Waals surface area contributed by atoms with Gasteiger partial charge in [-0.25, -0.2) is 4.98 Å². The zero-order chi connectivity index (χ0) is 11.3. The van der Waals surface area contributed by atoms with Crippen LogP contribution in [0.5, 0.6) is 0 Å². The van der Waals surface area contributed by atoms with E-state index in [0.717, 1.165) is 25.2 Å². The van der Waals surface area contributed by atoms with Crippen LogP contribution in [0, 0.1) is 5.41 Å². The molecule has 0 fully saturated rings. The second-order valence-corrected chi connectivity index (χ2v) is 4.55. The molecule has 0 radical (unpaired) electrons. The van der Waals surface area contributed by atoms with Crippen LogP contribution in [0.25, 0.3) is 0 Å². The van der Waals surface area contributed by atoms with Gasteiger partial charge in [-0.15, -0.1) is 0 Å². The summed E-state index contributed by atoms with van der Waals surface area (Å²) in [4.78, 5) is 8.36. The minimum Gasteiger partial charge on any atom is -0.387 e. The molecule has 0 spiro atoms. The number of H-pyrrole nitrogens is 1. The van der Waals surface area contributed by atoms with Gasteiger partial charge in [0.25, 0.3) is 0 Å². The molecular formula is C10H19N5. The van der Waals surface area contributed by atoms with Gasteiger partial charge in [0.15, 0.2) is 0 Å². The van der Waals surface area contributed by atoms with Crippen molar-refractivity contribution in [1.82, 2.24) is 15.2 Å². The maximum atomic E-state index is 5.82. The molecule has 1 heterocycles. The number of nitrogens with two attached hydrogens (primary N) is 1. The number of hydrogen-bond acceptors (Lipinski definition) is 3. The summed E-state index contributed by atoms with van der Waals surface area (Å²) in [6, 6.07) is 0. The molecule has 1 rings (SSSR count). The van der Waals surface area contributed by atoms with E-state index in [-0.39, 0.29) is 5.41 Å². The SMILES string of the molecule is CC(C)(C)C(N)=NCCCc1ncn[nH]1. The molecule has 1 aromatic heterocycles. The Labute approximate surface area is 90.2 Å². The third-order valence-electron chi connectivity index (χ3n) is 2.09. The van der Waals surface area contributed by atoms with E-state index in [2.05, 4.69) is 40.9 Å². The fraction of sp³-hybridized carbons (Fsp3) is 0.700. The predicted molar refractivity (Wildman–Crippen MR) is 60.6 cm³/mol. The highest BCUT2D eigenvalue weighted by Crippen LogP contribution is 2.12. The van der Waals surface area contributed by atoms with Gasteiger partial charge in [0.05, 0.1) is 5.84 Å². The topological polar surface area (TPSA) is 79.9 Å². The summed E-state index contributed by atoms with van der Waals surface area (Å²) in [5.41, 5.74) is 5.79. The fourth-order valence-electron chi connectivity index (χ4n) is 1.03. The molecule has 0 bridgehead atoms. The summed E-state index contributed by atoms with van der Waals surface area (Å²) in [5.74, 6) is 1.61. The summed E-state index contributed by atoms with van der Waals surface area (Å²) in [6.45, 7) is 6.91. The molecule has 3 N–H and O–H groups in total. The van der Waals surface area contributed by atoms with Crippen LogP contribution in [0.4, 0.5) is 0 Å². The number of aryl methyl sites for hydroxylation is 1. The number of aromatic amines is 1. The van der Waals surface area contributed by atoms with Crippen molar-refractivity contribution in [3.63, 3.8) is 0 Å². The Balaban J connectivity index is 2.27. The van der Waals surface area contributed by atoms with Gasteiger partial charge >= 0.3 is 0 Å². The summed E-state index contributed by atoms with van der Waals surface area (Å²) in [6.07, 6.45) is 3.31. The van der Waals surface area contributed by atoms with E-state index in [1.54, 1.807) is 0 Å². The molecule has 0 atom stereocenters. The first-order valence-corrected chi connectivity index (χ1v) is 5.15. The van der Waals surface area contributed by atoms with E-state index in [9.17, 15) is 0 Å². The lowest BCUT2D eigenvalue weighted by Crippen LogP contribution is -2.29. The van der Waals surface area contributed by atoms with Gasteiger partial charge in [0.2, 0.25) is 0 Å². The van der Waals surface area contributed by atoms with Crippen molar-refractivity contribution >= 4 is 5.84 Å². The van der Waals surface area contributed by atoms with E-state index >= 15 is 0 Å². The zero-order valence-corrected chi connectivity index (χ0v) is 9.62. The first kappa shape index (κ1) is 11.7. The number of aromatic nitrogens is 3. The Hall–Kier alpha value is -1.39. The van der Waals surface area contributed by atoms with E-state index in [1.807, 2.05) is 0 Å². The van der Waals surface area contributed by atoms with Crippen LogP contribution in [-0.2, 0) is 6.42 Å². The van der Waals surface area contributed by atoms with Crippen molar-refractivity contribution < 1.29 is 0 Å². The molecule has 0 saturated carbocycles. The van der Waals surface area contributed by atoms with Gasteiger partial charge in [-0.2, -0.15) is 5.10 Å². The molecule has 0 aromatic carbocycles. The lowest BCUT2D eigenvalue weighted by Gasteiger charge is -2.17. The van der Waals surface area contributed by atoms with Crippen molar-refractivity contribution in [2.75, 3.05) is 6.54 Å². The number of nitrogens with one attached hydrogen (secondary N) is 1. The summed E-state index contributed by atoms with van der Waals surface area (Å²) >= 11 is 0. The molecule has 84 valence electrons. The molecule has 15 heavy (non-hydrogen) atoms. The molecule has 0 saturated heterocycles. The second-order valence-electron chi connectivity index (χ2n) is 4.55. The van der Waals surface area contributed by atoms with Gasteiger partial charge in [-0.05, 0) is 6.42 Å². The highest BCUT2D eigenvalue weighted by atomic mass is 15.2. The molecule has 0 aliphatic carbocycles. The maximum absolute atomic E-state index is 5.82. The van der Waals surface area contributed by atoms with E-state index in [1.165, 1.54) is 6.33 Å². The van der Waals surface area contributed by atoms with Gasteiger partial charge < -0.3 is 5.73 Å². The van der Waals surface area contributed by atoms with Gasteiger partial charge in [-0.3, -0.25) is 10.1 Å². The Kier molecular flexibility index (Phi) is 3.82. The van der Waals surface area contributed by atoms with Crippen molar-refractivity contribution in [2.24, 2.45) is 16.1 Å². The largest absolute Gasteiger partial charge is 0.387 e. The number of hydrogen-bond donors (Lipinski definition) is 2. The predicted octanol–water partition coefficient (Wildman–Crippen LogP) is 1.14. The summed E-state index contributed by atoms with van der Waals surface area (Å²) < 4.78 is 0. The third-order valence-corrected chi connectivity index (χ3v) is 2.09. The highest BCUT2D eigenvalue weighted by Gasteiger charge is 2.14. The van der Waals surface area contributed by atoms with Crippen molar-refractivity contribution in [3.05, 3.63) is 12.2 Å². The van der Waals surface area contributed by atoms with E-state index < -0.39 is 0 Å². The second kappa shape index (κ2) is 4.91. The van der Waals surface area contributed by atoms with Crippen LogP contribution in [-0.4, -0.2) is 27.6 Å². The number of rotatable bonds is 4. The van der Waals surface area contributed by atoms with Crippen LogP contribution >= 0.6 is 0 Å².